The van der Waals surface area contributed by atoms with Gasteiger partial charge in [0.25, 0.3) is 0 Å². The number of aromatic carboxylic acids is 1. The molecule has 0 atom stereocenters. The Morgan fingerprint density at radius 1 is 1.40 bits per heavy atom. The first-order valence-electron chi connectivity index (χ1n) is 3.53. The molecule has 0 fully saturated rings. The molecule has 8 heteroatoms. The van der Waals surface area contributed by atoms with Gasteiger partial charge in [-0.05, 0) is 12.1 Å². The number of nitrogen functional groups attached to an aromatic ring is 1. The molecule has 1 aromatic rings. The highest BCUT2D eigenvalue weighted by Crippen LogP contribution is 2.26. The lowest BCUT2D eigenvalue weighted by Crippen LogP contribution is -2.10. The van der Waals surface area contributed by atoms with E-state index in [4.69, 9.17) is 10.8 Å². The summed E-state index contributed by atoms with van der Waals surface area (Å²) >= 11 is 0. The molecule has 0 aliphatic rings. The third kappa shape index (κ3) is 2.17. The Labute approximate surface area is 84.5 Å². The first-order chi connectivity index (χ1) is 6.73. The summed E-state index contributed by atoms with van der Waals surface area (Å²) in [6.07, 6.45) is 0. The molecule has 0 aliphatic heterocycles. The van der Waals surface area contributed by atoms with Crippen LogP contribution in [0.5, 0.6) is 5.75 Å². The maximum atomic E-state index is 11.1. The average molecular weight is 231 g/mol. The van der Waals surface area contributed by atoms with Gasteiger partial charge in [-0.1, -0.05) is 5.75 Å². The van der Waals surface area contributed by atoms with Gasteiger partial charge in [0.1, 0.15) is 10.1 Å². The lowest BCUT2D eigenvalue weighted by atomic mass is 10.2. The highest BCUT2D eigenvalue weighted by Gasteiger charge is 2.11. The van der Waals surface area contributed by atoms with Crippen LogP contribution in [0.2, 0.25) is 0 Å². The Morgan fingerprint density at radius 3 is 2.33 bits per heavy atom. The highest BCUT2D eigenvalue weighted by atomic mass is 32.2. The largest absolute Gasteiger partial charge is 0.870 e. The van der Waals surface area contributed by atoms with E-state index >= 15 is 0 Å². The number of carboxylic acid groups (broad SMARTS) is 1. The van der Waals surface area contributed by atoms with E-state index in [2.05, 4.69) is 0 Å². The Hall–Kier alpha value is -1.80. The number of carboxylic acids is 1. The molecular weight excluding hydrogens is 226 g/mol. The van der Waals surface area contributed by atoms with Crippen LogP contribution < -0.4 is 10.8 Å². The zero-order valence-corrected chi connectivity index (χ0v) is 7.95. The van der Waals surface area contributed by atoms with Crippen molar-refractivity contribution in [2.24, 2.45) is 0 Å². The summed E-state index contributed by atoms with van der Waals surface area (Å²) in [5, 5.41) is 19.6. The predicted molar refractivity (Wildman–Crippen MR) is 45.2 cm³/mol. The number of benzene rings is 1. The van der Waals surface area contributed by atoms with Crippen molar-refractivity contribution in [2.45, 2.75) is 4.90 Å². The van der Waals surface area contributed by atoms with Crippen molar-refractivity contribution < 1.29 is 28.0 Å². The van der Waals surface area contributed by atoms with E-state index < -0.39 is 38.0 Å². The lowest BCUT2D eigenvalue weighted by molar-refractivity contribution is -0.267. The predicted octanol–water partition coefficient (Wildman–Crippen LogP) is -1.06. The molecule has 0 saturated heterocycles. The minimum atomic E-state index is -4.83. The molecule has 0 unspecified atom stereocenters. The van der Waals surface area contributed by atoms with Gasteiger partial charge in [-0.25, -0.2) is 13.2 Å². The second-order valence-corrected chi connectivity index (χ2v) is 4.03. The molecule has 0 aliphatic carbocycles. The molecular formula is C7H5NO6S-2. The summed E-state index contributed by atoms with van der Waals surface area (Å²) in [4.78, 5) is 9.66. The van der Waals surface area contributed by atoms with Gasteiger partial charge in [0.05, 0.1) is 10.5 Å². The number of carbonyl (C=O) groups is 1. The van der Waals surface area contributed by atoms with Gasteiger partial charge in [0.15, 0.2) is 0 Å². The second-order valence-electron chi connectivity index (χ2n) is 2.65. The summed E-state index contributed by atoms with van der Waals surface area (Å²) in [7, 11) is -4.83. The van der Waals surface area contributed by atoms with Crippen LogP contribution in [0.1, 0.15) is 10.4 Å². The van der Waals surface area contributed by atoms with Crippen molar-refractivity contribution in [3.63, 3.8) is 0 Å². The Balaban J connectivity index is 3.57. The SMILES string of the molecule is Nc1cc(S(=O)(=O)[O-])cc(C(=O)O)c1[O-]. The number of anilines is 1. The smallest absolute Gasteiger partial charge is 0.335 e. The molecule has 7 nitrogen and oxygen atoms in total. The maximum Gasteiger partial charge on any atom is 0.335 e. The molecule has 0 heterocycles. The van der Waals surface area contributed by atoms with Gasteiger partial charge in [-0.3, -0.25) is 0 Å². The molecule has 82 valence electrons. The van der Waals surface area contributed by atoms with Gasteiger partial charge >= 0.3 is 5.97 Å². The fourth-order valence-electron chi connectivity index (χ4n) is 0.927. The van der Waals surface area contributed by atoms with Crippen LogP contribution in [0, 0.1) is 0 Å². The molecule has 0 aromatic heterocycles. The van der Waals surface area contributed by atoms with Crippen molar-refractivity contribution in [1.29, 1.82) is 0 Å². The van der Waals surface area contributed by atoms with Gasteiger partial charge in [0.2, 0.25) is 0 Å². The summed E-state index contributed by atoms with van der Waals surface area (Å²) in [6, 6.07) is 1.13. The molecule has 0 spiro atoms. The van der Waals surface area contributed by atoms with Crippen LogP contribution in [0.25, 0.3) is 0 Å². The van der Waals surface area contributed by atoms with Crippen molar-refractivity contribution in [3.05, 3.63) is 17.7 Å². The van der Waals surface area contributed by atoms with E-state index in [0.29, 0.717) is 12.1 Å². The highest BCUT2D eigenvalue weighted by molar-refractivity contribution is 7.85. The molecule has 0 radical (unpaired) electrons. The first kappa shape index (κ1) is 11.3. The van der Waals surface area contributed by atoms with E-state index in [1.807, 2.05) is 0 Å². The first-order valence-corrected chi connectivity index (χ1v) is 4.94. The summed E-state index contributed by atoms with van der Waals surface area (Å²) in [5.41, 5.74) is 3.64. The molecule has 1 aromatic carbocycles. The van der Waals surface area contributed by atoms with Crippen molar-refractivity contribution >= 4 is 21.8 Å². The van der Waals surface area contributed by atoms with Crippen LogP contribution in [-0.4, -0.2) is 24.0 Å². The Bertz CT molecular complexity index is 521. The fourth-order valence-corrected chi connectivity index (χ4v) is 1.46. The third-order valence-electron chi connectivity index (χ3n) is 1.61. The zero-order valence-electron chi connectivity index (χ0n) is 7.13. The van der Waals surface area contributed by atoms with E-state index in [1.54, 1.807) is 0 Å². The third-order valence-corrected chi connectivity index (χ3v) is 2.42. The summed E-state index contributed by atoms with van der Waals surface area (Å²) in [6.45, 7) is 0. The summed E-state index contributed by atoms with van der Waals surface area (Å²) < 4.78 is 31.7. The van der Waals surface area contributed by atoms with Crippen molar-refractivity contribution in [1.82, 2.24) is 0 Å². The van der Waals surface area contributed by atoms with Gasteiger partial charge in [-0.2, -0.15) is 0 Å². The van der Waals surface area contributed by atoms with E-state index in [0.717, 1.165) is 0 Å². The van der Waals surface area contributed by atoms with Crippen molar-refractivity contribution in [2.75, 3.05) is 5.73 Å². The number of hydrogen-bond donors (Lipinski definition) is 2. The molecule has 3 N–H and O–H groups in total. The topological polar surface area (TPSA) is 144 Å². The quantitative estimate of drug-likeness (QED) is 0.487. The molecule has 0 bridgehead atoms. The van der Waals surface area contributed by atoms with E-state index in [1.165, 1.54) is 0 Å². The van der Waals surface area contributed by atoms with Gasteiger partial charge < -0.3 is 20.5 Å². The molecule has 1 rings (SSSR count). The Kier molecular flexibility index (Phi) is 2.56. The van der Waals surface area contributed by atoms with Crippen LogP contribution in [0.15, 0.2) is 17.0 Å². The normalized spacial score (nSPS) is 11.3. The standard InChI is InChI=1S/C7H7NO6S/c8-5-2-3(15(12,13)14)1-4(6(5)9)7(10)11/h1-2,9H,8H2,(H,10,11)(H,12,13,14)/p-2. The Morgan fingerprint density at radius 2 is 1.93 bits per heavy atom. The van der Waals surface area contributed by atoms with Gasteiger partial charge in [-0.15, -0.1) is 0 Å². The summed E-state index contributed by atoms with van der Waals surface area (Å²) in [5.74, 6) is -2.66. The zero-order chi connectivity index (χ0) is 11.8. The van der Waals surface area contributed by atoms with Crippen LogP contribution in [-0.2, 0) is 10.1 Å². The van der Waals surface area contributed by atoms with Gasteiger partial charge in [0, 0.05) is 5.69 Å². The van der Waals surface area contributed by atoms with Crippen LogP contribution in [0.3, 0.4) is 0 Å². The molecule has 0 amide bonds. The number of hydrogen-bond acceptors (Lipinski definition) is 6. The second kappa shape index (κ2) is 3.41. The van der Waals surface area contributed by atoms with Crippen LogP contribution in [0.4, 0.5) is 5.69 Å². The number of nitrogens with two attached hydrogens (primary N) is 1. The average Bonchev–Trinajstić information content (AvgIpc) is 2.06. The maximum absolute atomic E-state index is 11.1. The van der Waals surface area contributed by atoms with E-state index in [-0.39, 0.29) is 0 Å². The fraction of sp³-hybridized carbons (Fsp3) is 0. The lowest BCUT2D eigenvalue weighted by Gasteiger charge is -2.16. The van der Waals surface area contributed by atoms with Crippen molar-refractivity contribution in [3.8, 4) is 5.75 Å². The monoisotopic (exact) mass is 231 g/mol. The molecule has 15 heavy (non-hydrogen) atoms. The number of rotatable bonds is 2. The molecule has 0 saturated carbocycles. The van der Waals surface area contributed by atoms with Crippen LogP contribution >= 0.6 is 0 Å². The van der Waals surface area contributed by atoms with E-state index in [9.17, 15) is 22.9 Å². The minimum Gasteiger partial charge on any atom is -0.870 e. The minimum absolute atomic E-state index is 0.489.